The molecule has 4 fully saturated rings. The van der Waals surface area contributed by atoms with Crippen LogP contribution in [0.4, 0.5) is 17.3 Å². The van der Waals surface area contributed by atoms with E-state index in [0.717, 1.165) is 50.5 Å². The van der Waals surface area contributed by atoms with Crippen LogP contribution in [0.15, 0.2) is 23.8 Å². The predicted molar refractivity (Wildman–Crippen MR) is 199 cm³/mol. The number of hydrogen-bond acceptors (Lipinski definition) is 10. The lowest BCUT2D eigenvalue weighted by molar-refractivity contribution is -0.676. The number of Topliss-reactive ketones (excluding diaryl/α,β-unsaturated/α-hetero) is 1. The molecule has 320 valence electrons. The Morgan fingerprint density at radius 2 is 1.54 bits per heavy atom. The number of hydrogen-bond donors (Lipinski definition) is 1. The summed E-state index contributed by atoms with van der Waals surface area (Å²) in [5, 5.41) is 2.22. The van der Waals surface area contributed by atoms with E-state index in [1.165, 1.54) is 0 Å². The third-order valence-corrected chi connectivity index (χ3v) is 13.1. The molecule has 0 bridgehead atoms. The van der Waals surface area contributed by atoms with E-state index >= 15 is 0 Å². The molecule has 0 spiro atoms. The summed E-state index contributed by atoms with van der Waals surface area (Å²) in [6.07, 6.45) is 11.0. The second-order valence-electron chi connectivity index (χ2n) is 16.5. The number of allylic oxidation sites excluding steroid dienone is 4. The lowest BCUT2D eigenvalue weighted by Crippen LogP contribution is -2.89. The standard InChI is InChI=1S/C40H63NO10.BF4/c1-9-25-11-10-12-33(51-35-16-15-32(41-5)22(3)47-35)21(2)36(43)31-19-29-27(30(31)20-34(42)49-25)14-13-24-17-26(18-28(24)29)50-40-39(46-8)38(45-7)37(44-6)23(4)48-40;2-1(3,4)5/h13-14,19,21-30,32-33,35,37-41H,9-12,15-18,20H2,1-8H3;/q;-1/p+1/t21-,22-,23+,24-,25+,26-,27-,28-,29-,30+,32+,33+,35+,37+,38-,39-,40+;/m1./s1. The Balaban J connectivity index is 0.00000113. The van der Waals surface area contributed by atoms with Gasteiger partial charge in [-0.3, -0.25) is 9.59 Å². The van der Waals surface area contributed by atoms with Gasteiger partial charge in [0.05, 0.1) is 31.8 Å². The van der Waals surface area contributed by atoms with Gasteiger partial charge in [0.15, 0.2) is 18.4 Å². The number of halogens is 4. The van der Waals surface area contributed by atoms with Crippen LogP contribution in [-0.4, -0.2) is 115 Å². The molecule has 0 radical (unpaired) electrons. The van der Waals surface area contributed by atoms with Crippen LogP contribution in [-0.2, 0) is 47.5 Å². The second-order valence-corrected chi connectivity index (χ2v) is 16.5. The molecule has 0 amide bonds. The van der Waals surface area contributed by atoms with Crippen molar-refractivity contribution in [3.8, 4) is 0 Å². The first-order chi connectivity index (χ1) is 26.6. The Morgan fingerprint density at radius 1 is 0.839 bits per heavy atom. The lowest BCUT2D eigenvalue weighted by Gasteiger charge is -2.44. The van der Waals surface area contributed by atoms with E-state index in [9.17, 15) is 26.9 Å². The fraction of sp³-hybridized carbons (Fsp3) is 0.850. The number of methoxy groups -OCH3 is 3. The molecule has 0 aromatic carbocycles. The molecule has 3 aliphatic heterocycles. The number of cyclic esters (lactones) is 1. The number of fused-ring (bicyclic) bond motifs is 5. The molecule has 1 saturated carbocycles. The Bertz CT molecular complexity index is 1370. The summed E-state index contributed by atoms with van der Waals surface area (Å²) in [5.41, 5.74) is 0.766. The fourth-order valence-corrected chi connectivity index (χ4v) is 10.2. The Labute approximate surface area is 329 Å². The third kappa shape index (κ3) is 10.8. The summed E-state index contributed by atoms with van der Waals surface area (Å²) >= 11 is 0. The molecule has 3 saturated heterocycles. The van der Waals surface area contributed by atoms with Crippen molar-refractivity contribution in [3.63, 3.8) is 0 Å². The number of carbonyl (C=O) groups excluding carboxylic acids is 2. The van der Waals surface area contributed by atoms with Crippen molar-refractivity contribution < 1.29 is 70.1 Å². The molecule has 3 aliphatic carbocycles. The van der Waals surface area contributed by atoms with Gasteiger partial charge in [0.1, 0.15) is 36.6 Å². The fourth-order valence-electron chi connectivity index (χ4n) is 10.2. The highest BCUT2D eigenvalue weighted by atomic mass is 19.5. The Kier molecular flexibility index (Phi) is 16.0. The molecular weight excluding hydrogens is 741 g/mol. The number of ether oxygens (including phenoxy) is 8. The molecule has 2 N–H and O–H groups in total. The molecule has 56 heavy (non-hydrogen) atoms. The van der Waals surface area contributed by atoms with Crippen molar-refractivity contribution in [2.75, 3.05) is 28.4 Å². The van der Waals surface area contributed by atoms with Crippen LogP contribution >= 0.6 is 0 Å². The van der Waals surface area contributed by atoms with Crippen molar-refractivity contribution >= 4 is 19.0 Å². The van der Waals surface area contributed by atoms with E-state index in [0.29, 0.717) is 18.4 Å². The van der Waals surface area contributed by atoms with E-state index in [4.69, 9.17) is 37.9 Å². The van der Waals surface area contributed by atoms with Gasteiger partial charge in [-0.15, -0.1) is 0 Å². The third-order valence-electron chi connectivity index (χ3n) is 13.1. The Hall–Kier alpha value is -1.92. The van der Waals surface area contributed by atoms with Crippen molar-refractivity contribution in [2.45, 2.75) is 153 Å². The minimum absolute atomic E-state index is 0.0499. The van der Waals surface area contributed by atoms with E-state index in [-0.39, 0.29) is 96.8 Å². The first-order valence-electron chi connectivity index (χ1n) is 20.6. The normalized spacial score (nSPS) is 43.2. The number of carbonyl (C=O) groups is 2. The lowest BCUT2D eigenvalue weighted by atomic mass is 9.70. The molecular formula is C40H64BF4NO10. The van der Waals surface area contributed by atoms with E-state index < -0.39 is 19.6 Å². The minimum Gasteiger partial charge on any atom is -0.462 e. The van der Waals surface area contributed by atoms with Gasteiger partial charge >= 0.3 is 13.2 Å². The molecule has 3 heterocycles. The van der Waals surface area contributed by atoms with E-state index in [1.807, 2.05) is 13.8 Å². The van der Waals surface area contributed by atoms with Crippen LogP contribution in [0.5, 0.6) is 0 Å². The number of esters is 1. The monoisotopic (exact) mass is 805 g/mol. The zero-order chi connectivity index (χ0) is 40.9. The maximum Gasteiger partial charge on any atom is 0.673 e. The summed E-state index contributed by atoms with van der Waals surface area (Å²) in [7, 11) is 1.06. The van der Waals surface area contributed by atoms with Gasteiger partial charge in [-0.25, -0.2) is 0 Å². The topological polar surface area (TPSA) is 125 Å². The van der Waals surface area contributed by atoms with Gasteiger partial charge in [0.2, 0.25) is 0 Å². The Morgan fingerprint density at radius 3 is 2.16 bits per heavy atom. The van der Waals surface area contributed by atoms with Gasteiger partial charge < -0.3 is 60.5 Å². The van der Waals surface area contributed by atoms with Gasteiger partial charge in [-0.1, -0.05) is 32.1 Å². The average molecular weight is 806 g/mol. The quantitative estimate of drug-likeness (QED) is 0.140. The maximum absolute atomic E-state index is 14.6. The largest absolute Gasteiger partial charge is 0.673 e. The minimum atomic E-state index is -6.00. The highest BCUT2D eigenvalue weighted by molar-refractivity contribution is 6.50. The SMILES string of the molecule is CC[C@H]1CCC[C@H](O[C@H]2CC[C@H]([NH2+]C)[C@@H](C)O2)[C@@H](C)C(=O)C2=C[C@@H]3[C@@H](C=C[C@@H]4C[C@@H](O[C@@H]5O[C@@H](C)[C@H](OC)[C@@H](OC)[C@H]5OC)C[C@@H]34)[C@@H]2CC(=O)O1.F[B-](F)(F)F. The van der Waals surface area contributed by atoms with Gasteiger partial charge in [0.25, 0.3) is 0 Å². The molecule has 16 heteroatoms. The summed E-state index contributed by atoms with van der Waals surface area (Å²) in [6.45, 7) is 8.17. The molecule has 0 aromatic heterocycles. The van der Waals surface area contributed by atoms with Gasteiger partial charge in [0, 0.05) is 46.0 Å². The first kappa shape index (κ1) is 45.2. The van der Waals surface area contributed by atoms with Crippen LogP contribution in [0.2, 0.25) is 0 Å². The summed E-state index contributed by atoms with van der Waals surface area (Å²) < 4.78 is 88.4. The van der Waals surface area contributed by atoms with Crippen molar-refractivity contribution in [1.82, 2.24) is 0 Å². The van der Waals surface area contributed by atoms with Crippen molar-refractivity contribution in [3.05, 3.63) is 23.8 Å². The number of likely N-dealkylation sites (N-methyl/N-ethyl adjacent to an activating group) is 1. The van der Waals surface area contributed by atoms with Crippen LogP contribution < -0.4 is 5.32 Å². The van der Waals surface area contributed by atoms with E-state index in [2.05, 4.69) is 44.4 Å². The molecule has 11 nitrogen and oxygen atoms in total. The summed E-state index contributed by atoms with van der Waals surface area (Å²) in [6, 6.07) is 0.413. The second kappa shape index (κ2) is 19.9. The number of rotatable bonds is 9. The first-order valence-corrected chi connectivity index (χ1v) is 20.6. The number of ketones is 1. The zero-order valence-electron chi connectivity index (χ0n) is 34.2. The predicted octanol–water partition coefficient (Wildman–Crippen LogP) is 5.42. The zero-order valence-corrected chi connectivity index (χ0v) is 34.2. The maximum atomic E-state index is 14.6. The van der Waals surface area contributed by atoms with Gasteiger partial charge in [-0.05, 0) is 81.6 Å². The molecule has 17 atom stereocenters. The van der Waals surface area contributed by atoms with Gasteiger partial charge in [-0.2, -0.15) is 0 Å². The van der Waals surface area contributed by atoms with Crippen LogP contribution in [0, 0.1) is 35.5 Å². The molecule has 6 rings (SSSR count). The van der Waals surface area contributed by atoms with Crippen molar-refractivity contribution in [2.24, 2.45) is 35.5 Å². The smallest absolute Gasteiger partial charge is 0.462 e. The summed E-state index contributed by atoms with van der Waals surface area (Å²) in [4.78, 5) is 28.1. The molecule has 6 aliphatic rings. The highest BCUT2D eigenvalue weighted by Gasteiger charge is 2.52. The summed E-state index contributed by atoms with van der Waals surface area (Å²) in [5.74, 6) is 0.0520. The number of quaternary nitrogens is 1. The van der Waals surface area contributed by atoms with Crippen LogP contribution in [0.1, 0.15) is 85.5 Å². The van der Waals surface area contributed by atoms with Crippen LogP contribution in [0.25, 0.3) is 0 Å². The highest BCUT2D eigenvalue weighted by Crippen LogP contribution is 2.54. The van der Waals surface area contributed by atoms with Crippen LogP contribution in [0.3, 0.4) is 0 Å². The number of nitrogens with two attached hydrogens (primary N) is 1. The molecule has 0 aromatic rings. The van der Waals surface area contributed by atoms with Crippen molar-refractivity contribution in [1.29, 1.82) is 0 Å². The molecule has 0 unspecified atom stereocenters. The average Bonchev–Trinajstić information content (AvgIpc) is 3.72. The van der Waals surface area contributed by atoms with E-state index in [1.54, 1.807) is 21.3 Å².